The standard InChI is InChI=1S/C22H23F3N2O2/c1-28-10-11-29-15-21-12-18(17-4-6-19(7-5-17)22(23,24)25)14-27(21)20-8-2-16(13-26)3-9-20/h2-9,18,21H,10-12,14-15H2,1H3/t18?,21-/m0/s1. The lowest BCUT2D eigenvalue weighted by atomic mass is 9.95. The molecule has 1 saturated heterocycles. The van der Waals surface area contributed by atoms with Crippen molar-refractivity contribution in [3.63, 3.8) is 0 Å². The molecule has 0 aliphatic carbocycles. The van der Waals surface area contributed by atoms with Gasteiger partial charge in [-0.25, -0.2) is 0 Å². The number of halogens is 3. The zero-order chi connectivity index (χ0) is 20.9. The molecule has 1 aliphatic rings. The smallest absolute Gasteiger partial charge is 0.382 e. The van der Waals surface area contributed by atoms with E-state index in [4.69, 9.17) is 14.7 Å². The number of methoxy groups -OCH3 is 1. The molecular weight excluding hydrogens is 381 g/mol. The van der Waals surface area contributed by atoms with Crippen molar-refractivity contribution in [2.45, 2.75) is 24.6 Å². The first-order chi connectivity index (χ1) is 13.9. The third-order valence-electron chi connectivity index (χ3n) is 5.19. The van der Waals surface area contributed by atoms with Crippen LogP contribution in [0.1, 0.15) is 29.0 Å². The molecule has 0 saturated carbocycles. The minimum Gasteiger partial charge on any atom is -0.382 e. The van der Waals surface area contributed by atoms with Gasteiger partial charge in [-0.15, -0.1) is 0 Å². The first-order valence-corrected chi connectivity index (χ1v) is 9.43. The minimum atomic E-state index is -4.33. The fraction of sp³-hybridized carbons (Fsp3) is 0.409. The van der Waals surface area contributed by atoms with E-state index in [9.17, 15) is 13.2 Å². The number of hydrogen-bond donors (Lipinski definition) is 0. The van der Waals surface area contributed by atoms with Crippen molar-refractivity contribution >= 4 is 5.69 Å². The van der Waals surface area contributed by atoms with Crippen molar-refractivity contribution in [2.75, 3.05) is 38.4 Å². The summed E-state index contributed by atoms with van der Waals surface area (Å²) < 4.78 is 49.3. The summed E-state index contributed by atoms with van der Waals surface area (Å²) >= 11 is 0. The molecule has 4 nitrogen and oxygen atoms in total. The van der Waals surface area contributed by atoms with Gasteiger partial charge in [0.25, 0.3) is 0 Å². The molecule has 0 aromatic heterocycles. The average Bonchev–Trinajstić information content (AvgIpc) is 3.15. The van der Waals surface area contributed by atoms with Gasteiger partial charge in [-0.3, -0.25) is 0 Å². The molecule has 0 amide bonds. The van der Waals surface area contributed by atoms with Crippen LogP contribution in [0.15, 0.2) is 48.5 Å². The molecule has 1 fully saturated rings. The van der Waals surface area contributed by atoms with Crippen molar-refractivity contribution < 1.29 is 22.6 Å². The lowest BCUT2D eigenvalue weighted by Crippen LogP contribution is -2.33. The van der Waals surface area contributed by atoms with E-state index in [1.165, 1.54) is 0 Å². The van der Waals surface area contributed by atoms with Gasteiger partial charge in [-0.1, -0.05) is 12.1 Å². The second kappa shape index (κ2) is 9.29. The normalized spacial score (nSPS) is 19.3. The van der Waals surface area contributed by atoms with Gasteiger partial charge in [0, 0.05) is 25.3 Å². The van der Waals surface area contributed by atoms with E-state index in [2.05, 4.69) is 11.0 Å². The van der Waals surface area contributed by atoms with E-state index in [1.54, 1.807) is 31.4 Å². The highest BCUT2D eigenvalue weighted by Gasteiger charge is 2.34. The minimum absolute atomic E-state index is 0.0899. The van der Waals surface area contributed by atoms with Crippen LogP contribution in [0.5, 0.6) is 0 Å². The van der Waals surface area contributed by atoms with Crippen LogP contribution in [-0.2, 0) is 15.7 Å². The first kappa shape index (κ1) is 21.2. The van der Waals surface area contributed by atoms with Gasteiger partial charge in [0.05, 0.1) is 43.1 Å². The van der Waals surface area contributed by atoms with E-state index < -0.39 is 11.7 Å². The lowest BCUT2D eigenvalue weighted by molar-refractivity contribution is -0.137. The predicted molar refractivity (Wildman–Crippen MR) is 104 cm³/mol. The highest BCUT2D eigenvalue weighted by atomic mass is 19.4. The molecule has 0 bridgehead atoms. The number of nitrogens with zero attached hydrogens (tertiary/aromatic N) is 2. The van der Waals surface area contributed by atoms with Crippen LogP contribution in [0.25, 0.3) is 0 Å². The Kier molecular flexibility index (Phi) is 6.78. The van der Waals surface area contributed by atoms with Crippen molar-refractivity contribution in [2.24, 2.45) is 0 Å². The van der Waals surface area contributed by atoms with Crippen molar-refractivity contribution in [3.05, 3.63) is 65.2 Å². The first-order valence-electron chi connectivity index (χ1n) is 9.43. The summed E-state index contributed by atoms with van der Waals surface area (Å²) in [5.74, 6) is 0.101. The molecule has 0 N–H and O–H groups in total. The van der Waals surface area contributed by atoms with Crippen LogP contribution in [-0.4, -0.2) is 39.5 Å². The van der Waals surface area contributed by atoms with Gasteiger partial charge in [0.15, 0.2) is 0 Å². The maximum atomic E-state index is 12.8. The quantitative estimate of drug-likeness (QED) is 0.633. The topological polar surface area (TPSA) is 45.5 Å². The van der Waals surface area contributed by atoms with Gasteiger partial charge in [-0.2, -0.15) is 18.4 Å². The number of benzene rings is 2. The fourth-order valence-electron chi connectivity index (χ4n) is 3.67. The second-order valence-electron chi connectivity index (χ2n) is 7.08. The molecule has 0 radical (unpaired) electrons. The van der Waals surface area contributed by atoms with Gasteiger partial charge >= 0.3 is 6.18 Å². The maximum absolute atomic E-state index is 12.8. The highest BCUT2D eigenvalue weighted by Crippen LogP contribution is 2.37. The summed E-state index contributed by atoms with van der Waals surface area (Å²) in [6.07, 6.45) is -3.56. The van der Waals surface area contributed by atoms with Crippen LogP contribution in [0.4, 0.5) is 18.9 Å². The third kappa shape index (κ3) is 5.28. The Morgan fingerprint density at radius 2 is 1.76 bits per heavy atom. The van der Waals surface area contributed by atoms with Crippen LogP contribution < -0.4 is 4.90 Å². The molecule has 2 atom stereocenters. The summed E-state index contributed by atoms with van der Waals surface area (Å²) in [5, 5.41) is 9.01. The molecule has 1 aliphatic heterocycles. The molecule has 29 heavy (non-hydrogen) atoms. The summed E-state index contributed by atoms with van der Waals surface area (Å²) in [4.78, 5) is 2.20. The van der Waals surface area contributed by atoms with E-state index in [0.29, 0.717) is 31.9 Å². The Hall–Kier alpha value is -2.56. The number of rotatable bonds is 7. The van der Waals surface area contributed by atoms with E-state index in [1.807, 2.05) is 12.1 Å². The summed E-state index contributed by atoms with van der Waals surface area (Å²) in [6, 6.07) is 15.0. The van der Waals surface area contributed by atoms with Crippen LogP contribution in [0.3, 0.4) is 0 Å². The molecule has 1 unspecified atom stereocenters. The van der Waals surface area contributed by atoms with E-state index in [-0.39, 0.29) is 12.0 Å². The Morgan fingerprint density at radius 3 is 2.34 bits per heavy atom. The zero-order valence-corrected chi connectivity index (χ0v) is 16.2. The van der Waals surface area contributed by atoms with Crippen LogP contribution in [0.2, 0.25) is 0 Å². The third-order valence-corrected chi connectivity index (χ3v) is 5.19. The van der Waals surface area contributed by atoms with Crippen LogP contribution >= 0.6 is 0 Å². The Morgan fingerprint density at radius 1 is 1.07 bits per heavy atom. The molecule has 2 aromatic carbocycles. The Labute approximate surface area is 168 Å². The molecule has 2 aromatic rings. The molecule has 7 heteroatoms. The highest BCUT2D eigenvalue weighted by molar-refractivity contribution is 5.52. The largest absolute Gasteiger partial charge is 0.416 e. The van der Waals surface area contributed by atoms with E-state index in [0.717, 1.165) is 29.8 Å². The SMILES string of the molecule is COCCOC[C@@H]1CC(c2ccc(C(F)(F)F)cc2)CN1c1ccc(C#N)cc1. The monoisotopic (exact) mass is 404 g/mol. The van der Waals surface area contributed by atoms with Crippen molar-refractivity contribution in [1.82, 2.24) is 0 Å². The Bertz CT molecular complexity index is 829. The molecule has 0 spiro atoms. The summed E-state index contributed by atoms with van der Waals surface area (Å²) in [6.45, 7) is 2.17. The van der Waals surface area contributed by atoms with Gasteiger partial charge in [-0.05, 0) is 48.4 Å². The zero-order valence-electron chi connectivity index (χ0n) is 16.2. The Balaban J connectivity index is 1.77. The number of ether oxygens (including phenoxy) is 2. The summed E-state index contributed by atoms with van der Waals surface area (Å²) in [7, 11) is 1.61. The van der Waals surface area contributed by atoms with Crippen LogP contribution in [0, 0.1) is 11.3 Å². The molecule has 154 valence electrons. The van der Waals surface area contributed by atoms with Crippen molar-refractivity contribution in [1.29, 1.82) is 5.26 Å². The lowest BCUT2D eigenvalue weighted by Gasteiger charge is -2.26. The molecular formula is C22H23F3N2O2. The maximum Gasteiger partial charge on any atom is 0.416 e. The van der Waals surface area contributed by atoms with Gasteiger partial charge in [0.1, 0.15) is 0 Å². The molecule has 1 heterocycles. The number of anilines is 1. The number of hydrogen-bond acceptors (Lipinski definition) is 4. The fourth-order valence-corrected chi connectivity index (χ4v) is 3.67. The second-order valence-corrected chi connectivity index (χ2v) is 7.08. The average molecular weight is 404 g/mol. The van der Waals surface area contributed by atoms with Crippen molar-refractivity contribution in [3.8, 4) is 6.07 Å². The van der Waals surface area contributed by atoms with Gasteiger partial charge in [0.2, 0.25) is 0 Å². The molecule has 3 rings (SSSR count). The predicted octanol–water partition coefficient (Wildman–Crippen LogP) is 4.60. The number of alkyl halides is 3. The van der Waals surface area contributed by atoms with Gasteiger partial charge < -0.3 is 14.4 Å². The van der Waals surface area contributed by atoms with E-state index >= 15 is 0 Å². The number of nitriles is 1. The summed E-state index contributed by atoms with van der Waals surface area (Å²) in [5.41, 5.74) is 1.80.